The minimum Gasteiger partial charge on any atom is -0.492 e. The summed E-state index contributed by atoms with van der Waals surface area (Å²) in [7, 11) is 0. The Labute approximate surface area is 227 Å². The van der Waals surface area contributed by atoms with Gasteiger partial charge in [-0.15, -0.1) is 0 Å². The summed E-state index contributed by atoms with van der Waals surface area (Å²) in [5.41, 5.74) is 4.33. The maximum atomic E-state index is 13.7. The largest absolute Gasteiger partial charge is 0.492 e. The van der Waals surface area contributed by atoms with Crippen molar-refractivity contribution in [3.05, 3.63) is 76.8 Å². The maximum Gasteiger partial charge on any atom is 0.347 e. The molecule has 10 heteroatoms. The molecule has 1 aliphatic heterocycles. The van der Waals surface area contributed by atoms with Crippen molar-refractivity contribution in [1.29, 1.82) is 0 Å². The topological polar surface area (TPSA) is 126 Å². The van der Waals surface area contributed by atoms with Crippen LogP contribution in [0.4, 0.5) is 0 Å². The monoisotopic (exact) mass is 536 g/mol. The van der Waals surface area contributed by atoms with E-state index in [4.69, 9.17) is 9.57 Å². The highest BCUT2D eigenvalue weighted by molar-refractivity contribution is 5.95. The Morgan fingerprint density at radius 2 is 1.90 bits per heavy atom. The zero-order valence-corrected chi connectivity index (χ0v) is 22.3. The van der Waals surface area contributed by atoms with Crippen LogP contribution in [-0.2, 0) is 25.6 Å². The highest BCUT2D eigenvalue weighted by Crippen LogP contribution is 2.26. The fourth-order valence-electron chi connectivity index (χ4n) is 4.60. The standard InChI is InChI=1S/C29H36N4O6/c1-20(2)15-16-25(34)32(33-26(35)19-30-29(33)37)24(28(36)31-39-27-14-8-9-17-38-27)18-22-12-6-7-13-23(22)21-10-4-3-5-11-21/h3-7,10-13,19-20,24,27,35H,8-9,14-18H2,1-2H3,(H,30,37)(H,31,36)/t24-,27+/m0/s1. The molecule has 0 spiro atoms. The third kappa shape index (κ3) is 7.15. The molecule has 0 unspecified atom stereocenters. The Hall–Kier alpha value is -3.89. The van der Waals surface area contributed by atoms with E-state index in [-0.39, 0.29) is 18.8 Å². The summed E-state index contributed by atoms with van der Waals surface area (Å²) in [5, 5.41) is 11.6. The smallest absolute Gasteiger partial charge is 0.347 e. The van der Waals surface area contributed by atoms with Crippen LogP contribution in [0.2, 0.25) is 0 Å². The van der Waals surface area contributed by atoms with Gasteiger partial charge in [0.05, 0.1) is 6.20 Å². The van der Waals surface area contributed by atoms with Gasteiger partial charge in [0.15, 0.2) is 6.29 Å². The SMILES string of the molecule is CC(C)CCC(=O)N([C@@H](Cc1ccccc1-c1ccccc1)C(=O)NO[C@@H]1CCCCO1)n1c(O)c[nH]c1=O. The van der Waals surface area contributed by atoms with Crippen molar-refractivity contribution in [3.63, 3.8) is 0 Å². The van der Waals surface area contributed by atoms with Gasteiger partial charge < -0.3 is 14.8 Å². The number of rotatable bonds is 11. The van der Waals surface area contributed by atoms with Gasteiger partial charge in [0.1, 0.15) is 6.04 Å². The summed E-state index contributed by atoms with van der Waals surface area (Å²) in [5.74, 6) is -1.39. The van der Waals surface area contributed by atoms with Crippen molar-refractivity contribution < 1.29 is 24.3 Å². The van der Waals surface area contributed by atoms with Crippen molar-refractivity contribution >= 4 is 11.8 Å². The van der Waals surface area contributed by atoms with Gasteiger partial charge in [0.2, 0.25) is 11.8 Å². The van der Waals surface area contributed by atoms with Crippen LogP contribution in [0.15, 0.2) is 65.6 Å². The number of hydroxylamine groups is 1. The highest BCUT2D eigenvalue weighted by Gasteiger charge is 2.35. The van der Waals surface area contributed by atoms with Crippen molar-refractivity contribution in [1.82, 2.24) is 15.1 Å². The fraction of sp³-hybridized carbons (Fsp3) is 0.414. The fourth-order valence-corrected chi connectivity index (χ4v) is 4.60. The van der Waals surface area contributed by atoms with E-state index < -0.39 is 35.7 Å². The molecule has 3 N–H and O–H groups in total. The number of hydrogen-bond acceptors (Lipinski definition) is 6. The molecule has 39 heavy (non-hydrogen) atoms. The van der Waals surface area contributed by atoms with Crippen LogP contribution < -0.4 is 16.2 Å². The number of carbonyl (C=O) groups is 2. The Balaban J connectivity index is 1.73. The summed E-state index contributed by atoms with van der Waals surface area (Å²) >= 11 is 0. The predicted octanol–water partition coefficient (Wildman–Crippen LogP) is 3.64. The number of hydrogen-bond donors (Lipinski definition) is 3. The van der Waals surface area contributed by atoms with Crippen LogP contribution in [0.3, 0.4) is 0 Å². The Morgan fingerprint density at radius 3 is 2.56 bits per heavy atom. The highest BCUT2D eigenvalue weighted by atomic mass is 16.8. The second kappa shape index (κ2) is 13.3. The van der Waals surface area contributed by atoms with Crippen molar-refractivity contribution in [3.8, 4) is 17.0 Å². The van der Waals surface area contributed by atoms with Crippen LogP contribution in [0.1, 0.15) is 51.5 Å². The summed E-state index contributed by atoms with van der Waals surface area (Å²) < 4.78 is 6.38. The molecular weight excluding hydrogens is 500 g/mol. The van der Waals surface area contributed by atoms with Crippen molar-refractivity contribution in [2.24, 2.45) is 5.92 Å². The first kappa shape index (κ1) is 28.1. The van der Waals surface area contributed by atoms with Gasteiger partial charge in [-0.25, -0.2) is 20.1 Å². The zero-order chi connectivity index (χ0) is 27.8. The second-order valence-corrected chi connectivity index (χ2v) is 10.1. The molecule has 0 aliphatic carbocycles. The number of imidazole rings is 1. The number of nitrogens with one attached hydrogen (secondary N) is 2. The van der Waals surface area contributed by atoms with Gasteiger partial charge in [-0.2, -0.15) is 4.68 Å². The minimum atomic E-state index is -1.22. The Morgan fingerprint density at radius 1 is 1.15 bits per heavy atom. The van der Waals surface area contributed by atoms with E-state index in [9.17, 15) is 19.5 Å². The van der Waals surface area contributed by atoms with Crippen LogP contribution in [0.5, 0.6) is 5.88 Å². The lowest BCUT2D eigenvalue weighted by molar-refractivity contribution is -0.201. The van der Waals surface area contributed by atoms with Gasteiger partial charge in [-0.05, 0) is 41.9 Å². The van der Waals surface area contributed by atoms with Gasteiger partial charge >= 0.3 is 5.69 Å². The number of ether oxygens (including phenoxy) is 1. The summed E-state index contributed by atoms with van der Waals surface area (Å²) in [6.45, 7) is 4.49. The zero-order valence-electron chi connectivity index (χ0n) is 22.3. The van der Waals surface area contributed by atoms with Crippen molar-refractivity contribution in [2.75, 3.05) is 11.6 Å². The first-order chi connectivity index (χ1) is 18.8. The average molecular weight is 537 g/mol. The molecule has 0 saturated carbocycles. The summed E-state index contributed by atoms with van der Waals surface area (Å²) in [6, 6.07) is 16.0. The first-order valence-corrected chi connectivity index (χ1v) is 13.4. The molecule has 1 aromatic heterocycles. The molecule has 0 radical (unpaired) electrons. The van der Waals surface area contributed by atoms with Gasteiger partial charge in [-0.3, -0.25) is 9.59 Å². The summed E-state index contributed by atoms with van der Waals surface area (Å²) in [6.07, 6.45) is 3.59. The maximum absolute atomic E-state index is 13.7. The number of benzene rings is 2. The van der Waals surface area contributed by atoms with Crippen LogP contribution in [0.25, 0.3) is 11.1 Å². The number of aromatic hydroxyl groups is 1. The molecule has 2 aromatic carbocycles. The number of nitrogens with zero attached hydrogens (tertiary/aromatic N) is 2. The van der Waals surface area contributed by atoms with Crippen LogP contribution in [0, 0.1) is 5.92 Å². The lowest BCUT2D eigenvalue weighted by Crippen LogP contribution is -2.58. The third-order valence-electron chi connectivity index (χ3n) is 6.68. The van der Waals surface area contributed by atoms with Crippen LogP contribution in [-0.4, -0.2) is 45.5 Å². The molecule has 4 rings (SSSR count). The number of carbonyl (C=O) groups excluding carboxylic acids is 2. The normalized spacial score (nSPS) is 16.1. The van der Waals surface area contributed by atoms with E-state index in [2.05, 4.69) is 10.5 Å². The first-order valence-electron chi connectivity index (χ1n) is 13.4. The lowest BCUT2D eigenvalue weighted by Gasteiger charge is -2.32. The minimum absolute atomic E-state index is 0.0518. The van der Waals surface area contributed by atoms with E-state index in [1.807, 2.05) is 68.4 Å². The molecular formula is C29H36N4O6. The van der Waals surface area contributed by atoms with E-state index >= 15 is 0 Å². The molecule has 2 atom stereocenters. The Bertz CT molecular complexity index is 1300. The molecule has 3 aromatic rings. The van der Waals surface area contributed by atoms with Gasteiger partial charge in [0, 0.05) is 25.9 Å². The van der Waals surface area contributed by atoms with Crippen molar-refractivity contribution in [2.45, 2.75) is 64.7 Å². The molecule has 2 heterocycles. The number of amides is 2. The number of H-pyrrole nitrogens is 1. The van der Waals surface area contributed by atoms with E-state index in [0.29, 0.717) is 19.4 Å². The summed E-state index contributed by atoms with van der Waals surface area (Å²) in [4.78, 5) is 48.1. The average Bonchev–Trinajstić information content (AvgIpc) is 3.28. The molecule has 1 aliphatic rings. The quantitative estimate of drug-likeness (QED) is 0.321. The molecule has 1 saturated heterocycles. The lowest BCUT2D eigenvalue weighted by atomic mass is 9.94. The van der Waals surface area contributed by atoms with E-state index in [1.165, 1.54) is 0 Å². The number of aromatic nitrogens is 2. The molecule has 1 fully saturated rings. The predicted molar refractivity (Wildman–Crippen MR) is 146 cm³/mol. The van der Waals surface area contributed by atoms with Crippen LogP contribution >= 0.6 is 0 Å². The van der Waals surface area contributed by atoms with E-state index in [1.54, 1.807) is 0 Å². The Kier molecular flexibility index (Phi) is 9.56. The molecule has 208 valence electrons. The van der Waals surface area contributed by atoms with Gasteiger partial charge in [0.25, 0.3) is 5.91 Å². The third-order valence-corrected chi connectivity index (χ3v) is 6.68. The number of aromatic amines is 1. The molecule has 0 bridgehead atoms. The second-order valence-electron chi connectivity index (χ2n) is 10.1. The molecule has 10 nitrogen and oxygen atoms in total. The molecule has 2 amide bonds. The van der Waals surface area contributed by atoms with Gasteiger partial charge in [-0.1, -0.05) is 68.4 Å². The van der Waals surface area contributed by atoms with E-state index in [0.717, 1.165) is 45.4 Å².